The molecule has 0 bridgehead atoms. The summed E-state index contributed by atoms with van der Waals surface area (Å²) in [5.74, 6) is 2.57. The molecule has 0 aromatic heterocycles. The fourth-order valence-electron chi connectivity index (χ4n) is 2.46. The van der Waals surface area contributed by atoms with E-state index in [0.29, 0.717) is 12.6 Å². The molecule has 2 N–H and O–H groups in total. The van der Waals surface area contributed by atoms with Crippen molar-refractivity contribution < 1.29 is 9.84 Å². The molecule has 0 unspecified atom stereocenters. The van der Waals surface area contributed by atoms with Gasteiger partial charge in [0.1, 0.15) is 0 Å². The van der Waals surface area contributed by atoms with E-state index in [-0.39, 0.29) is 5.41 Å². The molecule has 0 radical (unpaired) electrons. The van der Waals surface area contributed by atoms with Gasteiger partial charge in [-0.2, -0.15) is 11.8 Å². The Morgan fingerprint density at radius 1 is 1.25 bits per heavy atom. The number of hydrogen-bond donors (Lipinski definition) is 2. The normalized spacial score (nSPS) is 26.8. The van der Waals surface area contributed by atoms with Crippen LogP contribution in [0.5, 0.6) is 0 Å². The number of thioether (sulfide) groups is 1. The molecule has 16 heavy (non-hydrogen) atoms. The molecule has 0 aliphatic carbocycles. The Hall–Kier alpha value is 0.230. The molecule has 2 rings (SSSR count). The first-order valence-corrected chi connectivity index (χ1v) is 7.50. The van der Waals surface area contributed by atoms with Crippen molar-refractivity contribution >= 4 is 11.8 Å². The van der Waals surface area contributed by atoms with Gasteiger partial charge in [-0.1, -0.05) is 0 Å². The molecular weight excluding hydrogens is 222 g/mol. The maximum Gasteiger partial charge on any atom is 0.0501 e. The van der Waals surface area contributed by atoms with Gasteiger partial charge in [-0.25, -0.2) is 0 Å². The van der Waals surface area contributed by atoms with Gasteiger partial charge in [-0.05, 0) is 37.2 Å². The number of nitrogens with one attached hydrogen (secondary N) is 1. The van der Waals surface area contributed by atoms with Gasteiger partial charge in [-0.15, -0.1) is 0 Å². The van der Waals surface area contributed by atoms with E-state index in [1.807, 2.05) is 0 Å². The van der Waals surface area contributed by atoms with E-state index in [9.17, 15) is 5.11 Å². The molecule has 3 nitrogen and oxygen atoms in total. The van der Waals surface area contributed by atoms with Crippen LogP contribution in [-0.4, -0.2) is 49.0 Å². The molecule has 0 saturated carbocycles. The molecule has 0 spiro atoms. The average Bonchev–Trinajstić information content (AvgIpc) is 2.39. The van der Waals surface area contributed by atoms with Crippen LogP contribution < -0.4 is 5.32 Å². The molecule has 2 aliphatic heterocycles. The van der Waals surface area contributed by atoms with E-state index in [4.69, 9.17) is 4.74 Å². The van der Waals surface area contributed by atoms with Gasteiger partial charge in [0.2, 0.25) is 0 Å². The largest absolute Gasteiger partial charge is 0.396 e. The van der Waals surface area contributed by atoms with Crippen molar-refractivity contribution in [3.63, 3.8) is 0 Å². The lowest BCUT2D eigenvalue weighted by atomic mass is 9.80. The first-order chi connectivity index (χ1) is 7.85. The van der Waals surface area contributed by atoms with E-state index in [0.717, 1.165) is 32.6 Å². The number of ether oxygens (including phenoxy) is 1. The Kier molecular flexibility index (Phi) is 4.95. The molecule has 0 aromatic carbocycles. The molecule has 0 aromatic rings. The van der Waals surface area contributed by atoms with Crippen LogP contribution in [0.3, 0.4) is 0 Å². The Bertz CT molecular complexity index is 201. The highest BCUT2D eigenvalue weighted by Crippen LogP contribution is 2.29. The Labute approximate surface area is 102 Å². The summed E-state index contributed by atoms with van der Waals surface area (Å²) in [7, 11) is 0. The van der Waals surface area contributed by atoms with Gasteiger partial charge < -0.3 is 15.2 Å². The van der Waals surface area contributed by atoms with Crippen LogP contribution in [-0.2, 0) is 4.74 Å². The summed E-state index contributed by atoms with van der Waals surface area (Å²) in [4.78, 5) is 0. The number of aliphatic hydroxyl groups is 1. The van der Waals surface area contributed by atoms with Crippen molar-refractivity contribution in [1.29, 1.82) is 0 Å². The predicted molar refractivity (Wildman–Crippen MR) is 67.9 cm³/mol. The van der Waals surface area contributed by atoms with Crippen LogP contribution in [0, 0.1) is 5.41 Å². The van der Waals surface area contributed by atoms with Crippen molar-refractivity contribution in [2.24, 2.45) is 5.41 Å². The third-order valence-corrected chi connectivity index (χ3v) is 4.92. The molecule has 2 saturated heterocycles. The van der Waals surface area contributed by atoms with E-state index in [1.54, 1.807) is 0 Å². The van der Waals surface area contributed by atoms with Gasteiger partial charge in [0.15, 0.2) is 0 Å². The molecule has 4 heteroatoms. The van der Waals surface area contributed by atoms with Crippen LogP contribution in [0.25, 0.3) is 0 Å². The van der Waals surface area contributed by atoms with Crippen LogP contribution in [0.2, 0.25) is 0 Å². The van der Waals surface area contributed by atoms with Crippen LogP contribution in [0.15, 0.2) is 0 Å². The zero-order chi connectivity index (χ0) is 11.3. The monoisotopic (exact) mass is 245 g/mol. The van der Waals surface area contributed by atoms with Crippen molar-refractivity contribution in [2.75, 3.05) is 37.9 Å². The summed E-state index contributed by atoms with van der Waals surface area (Å²) >= 11 is 2.06. The second kappa shape index (κ2) is 6.24. The lowest BCUT2D eigenvalue weighted by Crippen LogP contribution is -2.45. The minimum absolute atomic E-state index is 0.0862. The van der Waals surface area contributed by atoms with Crippen LogP contribution in [0.4, 0.5) is 0 Å². The number of aliphatic hydroxyl groups excluding tert-OH is 1. The quantitative estimate of drug-likeness (QED) is 0.782. The second-order valence-corrected chi connectivity index (χ2v) is 6.26. The molecular formula is C12H23NO2S. The van der Waals surface area contributed by atoms with Crippen LogP contribution >= 0.6 is 11.8 Å². The molecule has 2 fully saturated rings. The maximum absolute atomic E-state index is 9.57. The first-order valence-electron chi connectivity index (χ1n) is 6.34. The van der Waals surface area contributed by atoms with Gasteiger partial charge in [0, 0.05) is 31.2 Å². The SMILES string of the molecule is OCC1(CNC2CCSCC2)CCOCC1. The highest BCUT2D eigenvalue weighted by atomic mass is 32.2. The van der Waals surface area contributed by atoms with Crippen molar-refractivity contribution in [3.05, 3.63) is 0 Å². The number of rotatable bonds is 4. The third-order valence-electron chi connectivity index (χ3n) is 3.88. The second-order valence-electron chi connectivity index (χ2n) is 5.04. The van der Waals surface area contributed by atoms with Gasteiger partial charge in [0.25, 0.3) is 0 Å². The van der Waals surface area contributed by atoms with E-state index < -0.39 is 0 Å². The van der Waals surface area contributed by atoms with Gasteiger partial charge in [-0.3, -0.25) is 0 Å². The summed E-state index contributed by atoms with van der Waals surface area (Å²) in [6.07, 6.45) is 4.56. The van der Waals surface area contributed by atoms with E-state index in [1.165, 1.54) is 24.3 Å². The molecule has 0 amide bonds. The van der Waals surface area contributed by atoms with E-state index >= 15 is 0 Å². The molecule has 94 valence electrons. The summed E-state index contributed by atoms with van der Waals surface area (Å²) in [6, 6.07) is 0.674. The zero-order valence-corrected chi connectivity index (χ0v) is 10.7. The lowest BCUT2D eigenvalue weighted by molar-refractivity contribution is -0.0166. The smallest absolute Gasteiger partial charge is 0.0501 e. The first kappa shape index (κ1) is 12.7. The topological polar surface area (TPSA) is 41.5 Å². The predicted octanol–water partition coefficient (Wildman–Crippen LogP) is 1.26. The highest BCUT2D eigenvalue weighted by Gasteiger charge is 2.32. The fraction of sp³-hybridized carbons (Fsp3) is 1.00. The number of hydrogen-bond acceptors (Lipinski definition) is 4. The summed E-state index contributed by atoms with van der Waals surface area (Å²) in [5.41, 5.74) is 0.0862. The summed E-state index contributed by atoms with van der Waals surface area (Å²) in [5, 5.41) is 13.2. The zero-order valence-electron chi connectivity index (χ0n) is 9.91. The van der Waals surface area contributed by atoms with Gasteiger partial charge >= 0.3 is 0 Å². The Balaban J connectivity index is 1.77. The van der Waals surface area contributed by atoms with Crippen LogP contribution in [0.1, 0.15) is 25.7 Å². The summed E-state index contributed by atoms with van der Waals surface area (Å²) in [6.45, 7) is 2.87. The molecule has 2 aliphatic rings. The highest BCUT2D eigenvalue weighted by molar-refractivity contribution is 7.99. The van der Waals surface area contributed by atoms with Gasteiger partial charge in [0.05, 0.1) is 6.61 Å². The Morgan fingerprint density at radius 2 is 1.94 bits per heavy atom. The van der Waals surface area contributed by atoms with Crippen molar-refractivity contribution in [1.82, 2.24) is 5.32 Å². The minimum atomic E-state index is 0.0862. The van der Waals surface area contributed by atoms with Crippen molar-refractivity contribution in [2.45, 2.75) is 31.7 Å². The fourth-order valence-corrected chi connectivity index (χ4v) is 3.56. The summed E-state index contributed by atoms with van der Waals surface area (Å²) < 4.78 is 5.38. The lowest BCUT2D eigenvalue weighted by Gasteiger charge is -2.37. The third kappa shape index (κ3) is 3.36. The maximum atomic E-state index is 9.57. The Morgan fingerprint density at radius 3 is 2.56 bits per heavy atom. The average molecular weight is 245 g/mol. The molecule has 0 atom stereocenters. The minimum Gasteiger partial charge on any atom is -0.396 e. The van der Waals surface area contributed by atoms with Crippen molar-refractivity contribution in [3.8, 4) is 0 Å². The molecule has 2 heterocycles. The van der Waals surface area contributed by atoms with E-state index in [2.05, 4.69) is 17.1 Å². The standard InChI is InChI=1S/C12H23NO2S/c14-10-12(3-5-15-6-4-12)9-13-11-1-7-16-8-2-11/h11,13-14H,1-10H2.